The summed E-state index contributed by atoms with van der Waals surface area (Å²) < 4.78 is 31.9. The molecule has 158 valence electrons. The molecule has 2 aromatic rings. The Bertz CT molecular complexity index is 1030. The summed E-state index contributed by atoms with van der Waals surface area (Å²) in [5.74, 6) is -0.228. The molecule has 2 aliphatic rings. The van der Waals surface area contributed by atoms with Crippen molar-refractivity contribution in [2.24, 2.45) is 0 Å². The fraction of sp³-hybridized carbons (Fsp3) is 0.333. The van der Waals surface area contributed by atoms with Gasteiger partial charge in [0.05, 0.1) is 18.1 Å². The van der Waals surface area contributed by atoms with Gasteiger partial charge in [0.2, 0.25) is 15.9 Å². The topological polar surface area (TPSA) is 96.0 Å². The van der Waals surface area contributed by atoms with Gasteiger partial charge in [0.25, 0.3) is 5.91 Å². The van der Waals surface area contributed by atoms with E-state index in [0.717, 1.165) is 12.1 Å². The summed E-state index contributed by atoms with van der Waals surface area (Å²) >= 11 is 0. The predicted molar refractivity (Wildman–Crippen MR) is 112 cm³/mol. The molecule has 1 N–H and O–H groups in total. The molecule has 0 atom stereocenters. The minimum absolute atomic E-state index is 0.110. The summed E-state index contributed by atoms with van der Waals surface area (Å²) in [6.07, 6.45) is 1.42. The van der Waals surface area contributed by atoms with Crippen LogP contribution in [0.15, 0.2) is 53.4 Å². The second-order valence-electron chi connectivity index (χ2n) is 7.19. The molecule has 0 bridgehead atoms. The van der Waals surface area contributed by atoms with Gasteiger partial charge in [-0.3, -0.25) is 9.59 Å². The molecule has 8 nitrogen and oxygen atoms in total. The van der Waals surface area contributed by atoms with Crippen molar-refractivity contribution in [3.05, 3.63) is 54.1 Å². The Kier molecular flexibility index (Phi) is 5.85. The lowest BCUT2D eigenvalue weighted by atomic mass is 10.2. The quantitative estimate of drug-likeness (QED) is 0.785. The molecular formula is C21H23N3O5S. The first kappa shape index (κ1) is 20.5. The van der Waals surface area contributed by atoms with E-state index in [4.69, 9.17) is 4.74 Å². The van der Waals surface area contributed by atoms with Crippen LogP contribution in [0.4, 0.5) is 11.4 Å². The number of benzene rings is 2. The fourth-order valence-electron chi connectivity index (χ4n) is 3.56. The number of morpholine rings is 1. The number of carbonyl (C=O) groups excluding carboxylic acids is 2. The Hall–Kier alpha value is -2.75. The van der Waals surface area contributed by atoms with Gasteiger partial charge in [0.15, 0.2) is 0 Å². The van der Waals surface area contributed by atoms with Crippen molar-refractivity contribution in [1.82, 2.24) is 4.31 Å². The van der Waals surface area contributed by atoms with Crippen molar-refractivity contribution < 1.29 is 22.7 Å². The van der Waals surface area contributed by atoms with E-state index in [0.29, 0.717) is 50.5 Å². The van der Waals surface area contributed by atoms with Crippen molar-refractivity contribution in [3.8, 4) is 0 Å². The molecule has 0 spiro atoms. The maximum atomic E-state index is 12.7. The standard InChI is InChI=1S/C21H23N3O5S/c25-20-2-1-11-24(20)18-7-5-17(6-8-18)22-21(26)16-3-9-19(10-4-16)30(27,28)23-12-14-29-15-13-23/h3-10H,1-2,11-15H2,(H,22,26). The number of carbonyl (C=O) groups is 2. The first-order valence-electron chi connectivity index (χ1n) is 9.85. The van der Waals surface area contributed by atoms with Gasteiger partial charge in [0, 0.05) is 43.0 Å². The number of hydrogen-bond donors (Lipinski definition) is 1. The van der Waals surface area contributed by atoms with Gasteiger partial charge >= 0.3 is 0 Å². The van der Waals surface area contributed by atoms with Gasteiger partial charge in [-0.2, -0.15) is 4.31 Å². The smallest absolute Gasteiger partial charge is 0.255 e. The van der Waals surface area contributed by atoms with Crippen molar-refractivity contribution in [3.63, 3.8) is 0 Å². The SMILES string of the molecule is O=C(Nc1ccc(N2CCCC2=O)cc1)c1ccc(S(=O)(=O)N2CCOCC2)cc1. The van der Waals surface area contributed by atoms with Crippen LogP contribution in [0.5, 0.6) is 0 Å². The Morgan fingerprint density at radius 3 is 2.20 bits per heavy atom. The number of nitrogens with zero attached hydrogens (tertiary/aromatic N) is 2. The molecule has 2 fully saturated rings. The summed E-state index contributed by atoms with van der Waals surface area (Å²) in [5.41, 5.74) is 1.77. The van der Waals surface area contributed by atoms with Crippen LogP contribution in [0, 0.1) is 0 Å². The lowest BCUT2D eigenvalue weighted by Gasteiger charge is -2.26. The third-order valence-corrected chi connectivity index (χ3v) is 7.15. The van der Waals surface area contributed by atoms with Crippen LogP contribution in [0.25, 0.3) is 0 Å². The molecule has 2 aromatic carbocycles. The van der Waals surface area contributed by atoms with E-state index in [1.807, 2.05) is 0 Å². The average molecular weight is 429 g/mol. The molecule has 30 heavy (non-hydrogen) atoms. The maximum absolute atomic E-state index is 12.7. The normalized spacial score (nSPS) is 17.9. The Morgan fingerprint density at radius 2 is 1.60 bits per heavy atom. The van der Waals surface area contributed by atoms with Gasteiger partial charge in [-0.25, -0.2) is 8.42 Å². The van der Waals surface area contributed by atoms with Crippen molar-refractivity contribution in [2.45, 2.75) is 17.7 Å². The highest BCUT2D eigenvalue weighted by atomic mass is 32.2. The Labute approximate surface area is 175 Å². The highest BCUT2D eigenvalue weighted by Crippen LogP contribution is 2.23. The molecule has 2 aliphatic heterocycles. The highest BCUT2D eigenvalue weighted by molar-refractivity contribution is 7.89. The zero-order valence-electron chi connectivity index (χ0n) is 16.4. The molecule has 2 amide bonds. The van der Waals surface area contributed by atoms with E-state index in [1.54, 1.807) is 29.2 Å². The molecule has 9 heteroatoms. The predicted octanol–water partition coefficient (Wildman–Crippen LogP) is 2.09. The largest absolute Gasteiger partial charge is 0.379 e. The van der Waals surface area contributed by atoms with E-state index in [-0.39, 0.29) is 16.7 Å². The number of amides is 2. The zero-order valence-corrected chi connectivity index (χ0v) is 17.2. The molecule has 0 aliphatic carbocycles. The highest BCUT2D eigenvalue weighted by Gasteiger charge is 2.26. The fourth-order valence-corrected chi connectivity index (χ4v) is 4.97. The van der Waals surface area contributed by atoms with E-state index in [1.165, 1.54) is 28.6 Å². The van der Waals surface area contributed by atoms with Gasteiger partial charge in [-0.15, -0.1) is 0 Å². The van der Waals surface area contributed by atoms with E-state index in [9.17, 15) is 18.0 Å². The molecule has 2 heterocycles. The second kappa shape index (κ2) is 8.55. The molecule has 4 rings (SSSR count). The first-order chi connectivity index (χ1) is 14.4. The van der Waals surface area contributed by atoms with E-state index >= 15 is 0 Å². The minimum Gasteiger partial charge on any atom is -0.379 e. The van der Waals surface area contributed by atoms with Gasteiger partial charge in [0.1, 0.15) is 0 Å². The van der Waals surface area contributed by atoms with Crippen molar-refractivity contribution >= 4 is 33.2 Å². The second-order valence-corrected chi connectivity index (χ2v) is 9.13. The van der Waals surface area contributed by atoms with Crippen LogP contribution < -0.4 is 10.2 Å². The maximum Gasteiger partial charge on any atom is 0.255 e. The lowest BCUT2D eigenvalue weighted by molar-refractivity contribution is -0.117. The Morgan fingerprint density at radius 1 is 0.933 bits per heavy atom. The third kappa shape index (κ3) is 4.23. The molecule has 0 saturated carbocycles. The molecular weight excluding hydrogens is 406 g/mol. The molecule has 2 saturated heterocycles. The summed E-state index contributed by atoms with van der Waals surface area (Å²) in [5, 5.41) is 2.79. The van der Waals surface area contributed by atoms with Gasteiger partial charge < -0.3 is 15.0 Å². The van der Waals surface area contributed by atoms with Crippen LogP contribution in [-0.4, -0.2) is 57.4 Å². The first-order valence-corrected chi connectivity index (χ1v) is 11.3. The van der Waals surface area contributed by atoms with Crippen molar-refractivity contribution in [1.29, 1.82) is 0 Å². The van der Waals surface area contributed by atoms with Crippen LogP contribution >= 0.6 is 0 Å². The minimum atomic E-state index is -3.59. The molecule has 0 radical (unpaired) electrons. The van der Waals surface area contributed by atoms with Crippen LogP contribution in [0.3, 0.4) is 0 Å². The summed E-state index contributed by atoms with van der Waals surface area (Å²) in [4.78, 5) is 26.2. The number of rotatable bonds is 5. The summed E-state index contributed by atoms with van der Waals surface area (Å²) in [7, 11) is -3.59. The van der Waals surface area contributed by atoms with E-state index < -0.39 is 10.0 Å². The number of hydrogen-bond acceptors (Lipinski definition) is 5. The lowest BCUT2D eigenvalue weighted by Crippen LogP contribution is -2.40. The molecule has 0 aromatic heterocycles. The van der Waals surface area contributed by atoms with E-state index in [2.05, 4.69) is 5.32 Å². The van der Waals surface area contributed by atoms with Crippen LogP contribution in [-0.2, 0) is 19.6 Å². The third-order valence-electron chi connectivity index (χ3n) is 5.23. The summed E-state index contributed by atoms with van der Waals surface area (Å²) in [6.45, 7) is 2.12. The zero-order chi connectivity index (χ0) is 21.1. The molecule has 0 unspecified atom stereocenters. The van der Waals surface area contributed by atoms with Crippen LogP contribution in [0.1, 0.15) is 23.2 Å². The number of sulfonamides is 1. The summed E-state index contributed by atoms with van der Waals surface area (Å²) in [6, 6.07) is 13.0. The average Bonchev–Trinajstić information content (AvgIpc) is 3.21. The Balaban J connectivity index is 1.42. The monoisotopic (exact) mass is 429 g/mol. The number of nitrogens with one attached hydrogen (secondary N) is 1. The van der Waals surface area contributed by atoms with Crippen LogP contribution in [0.2, 0.25) is 0 Å². The number of anilines is 2. The number of ether oxygens (including phenoxy) is 1. The van der Waals surface area contributed by atoms with Gasteiger partial charge in [-0.1, -0.05) is 0 Å². The van der Waals surface area contributed by atoms with Gasteiger partial charge in [-0.05, 0) is 55.0 Å². The van der Waals surface area contributed by atoms with Crippen molar-refractivity contribution in [2.75, 3.05) is 43.1 Å².